The van der Waals surface area contributed by atoms with Crippen LogP contribution in [-0.2, 0) is 19.6 Å². The number of carbonyl (C=O) groups is 2. The molecule has 0 atom stereocenters. The molecule has 0 aliphatic rings. The van der Waals surface area contributed by atoms with E-state index in [9.17, 15) is 18.0 Å². The molecule has 0 spiro atoms. The molecule has 7 heteroatoms. The molecular weight excluding hydrogens is 270 g/mol. The molecule has 0 unspecified atom stereocenters. The van der Waals surface area contributed by atoms with E-state index >= 15 is 0 Å². The van der Waals surface area contributed by atoms with Crippen molar-refractivity contribution in [2.75, 3.05) is 13.4 Å². The molecule has 0 saturated carbocycles. The summed E-state index contributed by atoms with van der Waals surface area (Å²) in [7, 11) is -2.47. The fourth-order valence-corrected chi connectivity index (χ4v) is 2.62. The second kappa shape index (κ2) is 4.51. The number of hydrogen-bond donors (Lipinski definition) is 0. The predicted octanol–water partition coefficient (Wildman–Crippen LogP) is 0.805. The van der Waals surface area contributed by atoms with Crippen molar-refractivity contribution < 1.29 is 22.7 Å². The second-order valence-electron chi connectivity index (χ2n) is 3.94. The van der Waals surface area contributed by atoms with Crippen LogP contribution in [0.3, 0.4) is 0 Å². The fraction of sp³-hybridized carbons (Fsp3) is 0.167. The average molecular weight is 281 g/mol. The molecule has 19 heavy (non-hydrogen) atoms. The number of para-hydroxylation sites is 1. The first-order chi connectivity index (χ1) is 8.86. The summed E-state index contributed by atoms with van der Waals surface area (Å²) >= 11 is 0. The van der Waals surface area contributed by atoms with Crippen molar-refractivity contribution in [2.24, 2.45) is 0 Å². The summed E-state index contributed by atoms with van der Waals surface area (Å²) in [6, 6.07) is 6.44. The number of carbonyl (C=O) groups excluding carboxylic acids is 2. The smallest absolute Gasteiger partial charge is 0.379 e. The SMILES string of the molecule is COC(=O)C(=O)c1cn(S(C)(=O)=O)c2ccccc12. The minimum atomic E-state index is -3.56. The Morgan fingerprint density at radius 1 is 1.21 bits per heavy atom. The molecule has 2 rings (SSSR count). The number of benzene rings is 1. The van der Waals surface area contributed by atoms with E-state index in [0.29, 0.717) is 10.9 Å². The van der Waals surface area contributed by atoms with E-state index in [1.807, 2.05) is 0 Å². The van der Waals surface area contributed by atoms with Gasteiger partial charge in [-0.25, -0.2) is 17.2 Å². The number of ether oxygens (including phenoxy) is 1. The highest BCUT2D eigenvalue weighted by molar-refractivity contribution is 7.89. The minimum Gasteiger partial charge on any atom is -0.463 e. The summed E-state index contributed by atoms with van der Waals surface area (Å²) in [4.78, 5) is 23.1. The minimum absolute atomic E-state index is 0.00729. The molecule has 0 amide bonds. The van der Waals surface area contributed by atoms with Crippen LogP contribution in [0, 0.1) is 0 Å². The summed E-state index contributed by atoms with van der Waals surface area (Å²) in [6.45, 7) is 0. The van der Waals surface area contributed by atoms with Crippen LogP contribution >= 0.6 is 0 Å². The highest BCUT2D eigenvalue weighted by Crippen LogP contribution is 2.23. The Hall–Kier alpha value is -2.15. The van der Waals surface area contributed by atoms with Gasteiger partial charge in [0.25, 0.3) is 5.78 Å². The van der Waals surface area contributed by atoms with Crippen molar-refractivity contribution in [1.82, 2.24) is 3.97 Å². The Morgan fingerprint density at radius 2 is 1.84 bits per heavy atom. The summed E-state index contributed by atoms with van der Waals surface area (Å²) < 4.78 is 28.6. The lowest BCUT2D eigenvalue weighted by Crippen LogP contribution is -2.15. The summed E-state index contributed by atoms with van der Waals surface area (Å²) in [6.07, 6.45) is 2.16. The Kier molecular flexibility index (Phi) is 3.15. The third-order valence-electron chi connectivity index (χ3n) is 2.65. The summed E-state index contributed by atoms with van der Waals surface area (Å²) in [5.41, 5.74) is 0.352. The number of fused-ring (bicyclic) bond motifs is 1. The lowest BCUT2D eigenvalue weighted by atomic mass is 10.1. The third-order valence-corrected chi connectivity index (χ3v) is 3.67. The van der Waals surface area contributed by atoms with Crippen molar-refractivity contribution >= 4 is 32.7 Å². The average Bonchev–Trinajstić information content (AvgIpc) is 2.76. The van der Waals surface area contributed by atoms with E-state index in [-0.39, 0.29) is 5.56 Å². The van der Waals surface area contributed by atoms with Gasteiger partial charge in [-0.3, -0.25) is 4.79 Å². The van der Waals surface area contributed by atoms with Gasteiger partial charge < -0.3 is 4.74 Å². The van der Waals surface area contributed by atoms with Crippen molar-refractivity contribution in [2.45, 2.75) is 0 Å². The lowest BCUT2D eigenvalue weighted by molar-refractivity contribution is -0.135. The molecule has 0 N–H and O–H groups in total. The van der Waals surface area contributed by atoms with E-state index in [2.05, 4.69) is 4.74 Å². The molecule has 0 saturated heterocycles. The zero-order valence-electron chi connectivity index (χ0n) is 10.3. The molecule has 0 aliphatic carbocycles. The first kappa shape index (κ1) is 13.3. The van der Waals surface area contributed by atoms with Crippen LogP contribution in [-0.4, -0.2) is 37.5 Å². The van der Waals surface area contributed by atoms with Crippen molar-refractivity contribution in [3.63, 3.8) is 0 Å². The van der Waals surface area contributed by atoms with Crippen LogP contribution in [0.2, 0.25) is 0 Å². The lowest BCUT2D eigenvalue weighted by Gasteiger charge is -2.00. The maximum Gasteiger partial charge on any atom is 0.379 e. The normalized spacial score (nSPS) is 11.5. The Balaban J connectivity index is 2.77. The van der Waals surface area contributed by atoms with E-state index in [1.165, 1.54) is 0 Å². The summed E-state index contributed by atoms with van der Waals surface area (Å²) in [5, 5.41) is 0.392. The molecule has 6 nitrogen and oxygen atoms in total. The van der Waals surface area contributed by atoms with Crippen LogP contribution in [0.15, 0.2) is 30.5 Å². The molecule has 0 bridgehead atoms. The highest BCUT2D eigenvalue weighted by atomic mass is 32.2. The highest BCUT2D eigenvalue weighted by Gasteiger charge is 2.24. The molecule has 1 heterocycles. The van der Waals surface area contributed by atoms with Gasteiger partial charge in [-0.05, 0) is 6.07 Å². The molecule has 100 valence electrons. The first-order valence-corrected chi connectivity index (χ1v) is 7.14. The third kappa shape index (κ3) is 2.24. The molecular formula is C12H11NO5S. The number of methoxy groups -OCH3 is 1. The number of rotatable bonds is 3. The number of nitrogens with zero attached hydrogens (tertiary/aromatic N) is 1. The number of aromatic nitrogens is 1. The van der Waals surface area contributed by atoms with Gasteiger partial charge >= 0.3 is 5.97 Å². The van der Waals surface area contributed by atoms with Gasteiger partial charge in [-0.2, -0.15) is 0 Å². The van der Waals surface area contributed by atoms with Gasteiger partial charge in [0.2, 0.25) is 10.0 Å². The standard InChI is InChI=1S/C12H11NO5S/c1-18-12(15)11(14)9-7-13(19(2,16)17)10-6-4-3-5-8(9)10/h3-7H,1-2H3. The van der Waals surface area contributed by atoms with E-state index in [4.69, 9.17) is 0 Å². The van der Waals surface area contributed by atoms with Gasteiger partial charge in [0.1, 0.15) is 0 Å². The zero-order valence-corrected chi connectivity index (χ0v) is 11.1. The van der Waals surface area contributed by atoms with Crippen LogP contribution in [0.5, 0.6) is 0 Å². The molecule has 0 radical (unpaired) electrons. The Morgan fingerprint density at radius 3 is 2.42 bits per heavy atom. The maximum atomic E-state index is 11.8. The number of hydrogen-bond acceptors (Lipinski definition) is 5. The van der Waals surface area contributed by atoms with Crippen LogP contribution < -0.4 is 0 Å². The van der Waals surface area contributed by atoms with Crippen molar-refractivity contribution in [3.05, 3.63) is 36.0 Å². The van der Waals surface area contributed by atoms with Gasteiger partial charge in [-0.15, -0.1) is 0 Å². The zero-order chi connectivity index (χ0) is 14.2. The van der Waals surface area contributed by atoms with E-state index < -0.39 is 21.8 Å². The van der Waals surface area contributed by atoms with Crippen molar-refractivity contribution in [3.8, 4) is 0 Å². The van der Waals surface area contributed by atoms with E-state index in [1.54, 1.807) is 24.3 Å². The predicted molar refractivity (Wildman–Crippen MR) is 68.5 cm³/mol. The molecule has 1 aromatic carbocycles. The number of esters is 1. The Labute approximate surface area is 109 Å². The molecule has 2 aromatic rings. The summed E-state index contributed by atoms with van der Waals surface area (Å²) in [5.74, 6) is -1.91. The van der Waals surface area contributed by atoms with Gasteiger partial charge in [0.05, 0.1) is 24.4 Å². The van der Waals surface area contributed by atoms with Crippen LogP contribution in [0.4, 0.5) is 0 Å². The number of Topliss-reactive ketones (excluding diaryl/α,β-unsaturated/α-hetero) is 1. The first-order valence-electron chi connectivity index (χ1n) is 5.29. The maximum absolute atomic E-state index is 11.8. The quantitative estimate of drug-likeness (QED) is 0.472. The van der Waals surface area contributed by atoms with Crippen LogP contribution in [0.25, 0.3) is 10.9 Å². The topological polar surface area (TPSA) is 82.4 Å². The molecule has 0 aliphatic heterocycles. The monoisotopic (exact) mass is 281 g/mol. The van der Waals surface area contributed by atoms with Gasteiger partial charge in [-0.1, -0.05) is 18.2 Å². The van der Waals surface area contributed by atoms with Crippen molar-refractivity contribution in [1.29, 1.82) is 0 Å². The largest absolute Gasteiger partial charge is 0.463 e. The number of ketones is 1. The second-order valence-corrected chi connectivity index (χ2v) is 5.80. The van der Waals surface area contributed by atoms with E-state index in [0.717, 1.165) is 23.5 Å². The fourth-order valence-electron chi connectivity index (χ4n) is 1.81. The van der Waals surface area contributed by atoms with Gasteiger partial charge in [0, 0.05) is 11.6 Å². The Bertz CT molecular complexity index is 773. The molecule has 1 aromatic heterocycles. The van der Waals surface area contributed by atoms with Gasteiger partial charge in [0.15, 0.2) is 0 Å². The molecule has 0 fully saturated rings. The van der Waals surface area contributed by atoms with Crippen LogP contribution in [0.1, 0.15) is 10.4 Å².